The Morgan fingerprint density at radius 2 is 1.85 bits per heavy atom. The van der Waals surface area contributed by atoms with Crippen LogP contribution in [0.25, 0.3) is 0 Å². The van der Waals surface area contributed by atoms with Crippen LogP contribution in [0.2, 0.25) is 5.02 Å². The highest BCUT2D eigenvalue weighted by Crippen LogP contribution is 2.16. The Labute approximate surface area is 157 Å². The number of rotatable bonds is 9. The predicted octanol–water partition coefficient (Wildman–Crippen LogP) is 2.91. The fraction of sp³-hybridized carbons (Fsp3) is 0.278. The maximum Gasteiger partial charge on any atom is 0.269 e. The van der Waals surface area contributed by atoms with E-state index in [9.17, 15) is 14.9 Å². The number of benzene rings is 2. The summed E-state index contributed by atoms with van der Waals surface area (Å²) in [4.78, 5) is 24.0. The maximum absolute atomic E-state index is 12.0. The van der Waals surface area contributed by atoms with E-state index in [0.717, 1.165) is 11.3 Å². The standard InChI is InChI=1S/C18H21ClN4O3/c1-22(12-14-4-2-3-5-17(14)19)13-18(24)21-11-10-20-15-6-8-16(9-7-15)23(25)26/h2-9,20H,10-13H2,1H3,(H,21,24). The summed E-state index contributed by atoms with van der Waals surface area (Å²) < 4.78 is 0. The van der Waals surface area contributed by atoms with E-state index in [-0.39, 0.29) is 18.1 Å². The van der Waals surface area contributed by atoms with Crippen LogP contribution in [-0.2, 0) is 11.3 Å². The van der Waals surface area contributed by atoms with E-state index < -0.39 is 4.92 Å². The van der Waals surface area contributed by atoms with Gasteiger partial charge in [-0.15, -0.1) is 0 Å². The minimum Gasteiger partial charge on any atom is -0.383 e. The van der Waals surface area contributed by atoms with Crippen LogP contribution in [0.4, 0.5) is 11.4 Å². The van der Waals surface area contributed by atoms with Gasteiger partial charge < -0.3 is 10.6 Å². The van der Waals surface area contributed by atoms with E-state index in [1.807, 2.05) is 36.2 Å². The smallest absolute Gasteiger partial charge is 0.269 e. The molecule has 0 saturated carbocycles. The third-order valence-corrected chi connectivity index (χ3v) is 4.03. The lowest BCUT2D eigenvalue weighted by Gasteiger charge is -2.17. The highest BCUT2D eigenvalue weighted by Gasteiger charge is 2.08. The van der Waals surface area contributed by atoms with Gasteiger partial charge in [-0.25, -0.2) is 0 Å². The summed E-state index contributed by atoms with van der Waals surface area (Å²) in [7, 11) is 1.86. The fourth-order valence-electron chi connectivity index (χ4n) is 2.38. The van der Waals surface area contributed by atoms with Crippen LogP contribution < -0.4 is 10.6 Å². The number of halogens is 1. The van der Waals surface area contributed by atoms with Gasteiger partial charge in [0.25, 0.3) is 5.69 Å². The molecule has 0 fully saturated rings. The van der Waals surface area contributed by atoms with Gasteiger partial charge in [0.15, 0.2) is 0 Å². The average Bonchev–Trinajstić information content (AvgIpc) is 2.61. The van der Waals surface area contributed by atoms with Gasteiger partial charge in [0.2, 0.25) is 5.91 Å². The average molecular weight is 377 g/mol. The monoisotopic (exact) mass is 376 g/mol. The molecule has 2 rings (SSSR count). The first-order valence-electron chi connectivity index (χ1n) is 8.12. The Morgan fingerprint density at radius 3 is 2.50 bits per heavy atom. The Hall–Kier alpha value is -2.64. The first-order chi connectivity index (χ1) is 12.5. The number of hydrogen-bond acceptors (Lipinski definition) is 5. The van der Waals surface area contributed by atoms with Crippen molar-refractivity contribution < 1.29 is 9.72 Å². The summed E-state index contributed by atoms with van der Waals surface area (Å²) in [5.74, 6) is -0.0787. The van der Waals surface area contributed by atoms with Crippen molar-refractivity contribution in [1.82, 2.24) is 10.2 Å². The number of nitro groups is 1. The summed E-state index contributed by atoms with van der Waals surface area (Å²) in [5, 5.41) is 17.2. The molecule has 0 aliphatic carbocycles. The van der Waals surface area contributed by atoms with Gasteiger partial charge in [0.05, 0.1) is 11.5 Å². The summed E-state index contributed by atoms with van der Waals surface area (Å²) in [6, 6.07) is 13.7. The number of nitrogens with one attached hydrogen (secondary N) is 2. The van der Waals surface area contributed by atoms with Crippen LogP contribution >= 0.6 is 11.6 Å². The van der Waals surface area contributed by atoms with Crippen LogP contribution in [-0.4, -0.2) is 42.4 Å². The number of carbonyl (C=O) groups excluding carboxylic acids is 1. The molecular weight excluding hydrogens is 356 g/mol. The minimum atomic E-state index is -0.441. The van der Waals surface area contributed by atoms with Crippen molar-refractivity contribution in [2.75, 3.05) is 32.0 Å². The zero-order valence-corrected chi connectivity index (χ0v) is 15.2. The molecule has 0 aliphatic heterocycles. The van der Waals surface area contributed by atoms with Crippen molar-refractivity contribution in [3.05, 3.63) is 69.2 Å². The van der Waals surface area contributed by atoms with Crippen LogP contribution in [0.3, 0.4) is 0 Å². The third kappa shape index (κ3) is 6.34. The second kappa shape index (κ2) is 9.74. The molecule has 138 valence electrons. The van der Waals surface area contributed by atoms with E-state index in [2.05, 4.69) is 10.6 Å². The molecule has 0 heterocycles. The van der Waals surface area contributed by atoms with Crippen LogP contribution in [0.5, 0.6) is 0 Å². The number of hydrogen-bond donors (Lipinski definition) is 2. The molecule has 8 heteroatoms. The molecule has 2 aromatic carbocycles. The molecule has 7 nitrogen and oxygen atoms in total. The molecule has 0 atom stereocenters. The highest BCUT2D eigenvalue weighted by molar-refractivity contribution is 6.31. The van der Waals surface area contributed by atoms with E-state index in [0.29, 0.717) is 24.7 Å². The molecular formula is C18H21ClN4O3. The molecule has 0 radical (unpaired) electrons. The quantitative estimate of drug-likeness (QED) is 0.399. The Morgan fingerprint density at radius 1 is 1.15 bits per heavy atom. The zero-order valence-electron chi connectivity index (χ0n) is 14.4. The molecule has 2 N–H and O–H groups in total. The van der Waals surface area contributed by atoms with Crippen molar-refractivity contribution >= 4 is 28.9 Å². The maximum atomic E-state index is 12.0. The SMILES string of the molecule is CN(CC(=O)NCCNc1ccc([N+](=O)[O-])cc1)Cc1ccccc1Cl. The lowest BCUT2D eigenvalue weighted by molar-refractivity contribution is -0.384. The lowest BCUT2D eigenvalue weighted by Crippen LogP contribution is -2.37. The second-order valence-corrected chi connectivity index (χ2v) is 6.25. The number of non-ortho nitro benzene ring substituents is 1. The van der Waals surface area contributed by atoms with Crippen LogP contribution in [0.1, 0.15) is 5.56 Å². The molecule has 0 saturated heterocycles. The summed E-state index contributed by atoms with van der Waals surface area (Å²) in [5.41, 5.74) is 1.79. The van der Waals surface area contributed by atoms with Crippen molar-refractivity contribution in [2.24, 2.45) is 0 Å². The number of nitro benzene ring substituents is 1. The van der Waals surface area contributed by atoms with Gasteiger partial charge in [-0.2, -0.15) is 0 Å². The van der Waals surface area contributed by atoms with Crippen LogP contribution in [0.15, 0.2) is 48.5 Å². The van der Waals surface area contributed by atoms with Crippen molar-refractivity contribution in [2.45, 2.75) is 6.54 Å². The van der Waals surface area contributed by atoms with Gasteiger partial charge in [-0.3, -0.25) is 19.8 Å². The topological polar surface area (TPSA) is 87.5 Å². The number of nitrogens with zero attached hydrogens (tertiary/aromatic N) is 2. The lowest BCUT2D eigenvalue weighted by atomic mass is 10.2. The normalized spacial score (nSPS) is 10.6. The number of carbonyl (C=O) groups is 1. The van der Waals surface area contributed by atoms with Gasteiger partial charge in [0, 0.05) is 42.5 Å². The molecule has 26 heavy (non-hydrogen) atoms. The zero-order chi connectivity index (χ0) is 18.9. The Balaban J connectivity index is 1.67. The predicted molar refractivity (Wildman–Crippen MR) is 102 cm³/mol. The van der Waals surface area contributed by atoms with Crippen molar-refractivity contribution in [1.29, 1.82) is 0 Å². The number of amides is 1. The van der Waals surface area contributed by atoms with Crippen molar-refractivity contribution in [3.8, 4) is 0 Å². The summed E-state index contributed by atoms with van der Waals surface area (Å²) in [6.45, 7) is 1.84. The number of likely N-dealkylation sites (N-methyl/N-ethyl adjacent to an activating group) is 1. The summed E-state index contributed by atoms with van der Waals surface area (Å²) >= 11 is 6.12. The fourth-order valence-corrected chi connectivity index (χ4v) is 2.58. The molecule has 1 amide bonds. The van der Waals surface area contributed by atoms with E-state index in [4.69, 9.17) is 11.6 Å². The van der Waals surface area contributed by atoms with E-state index in [1.54, 1.807) is 12.1 Å². The highest BCUT2D eigenvalue weighted by atomic mass is 35.5. The van der Waals surface area contributed by atoms with Gasteiger partial charge in [-0.05, 0) is 30.8 Å². The van der Waals surface area contributed by atoms with Gasteiger partial charge in [-0.1, -0.05) is 29.8 Å². The van der Waals surface area contributed by atoms with Gasteiger partial charge >= 0.3 is 0 Å². The van der Waals surface area contributed by atoms with Gasteiger partial charge in [0.1, 0.15) is 0 Å². The van der Waals surface area contributed by atoms with E-state index in [1.165, 1.54) is 12.1 Å². The minimum absolute atomic E-state index is 0.0467. The Bertz CT molecular complexity index is 752. The number of anilines is 1. The molecule has 0 bridgehead atoms. The molecule has 2 aromatic rings. The van der Waals surface area contributed by atoms with E-state index >= 15 is 0 Å². The second-order valence-electron chi connectivity index (χ2n) is 5.84. The van der Waals surface area contributed by atoms with Crippen LogP contribution in [0, 0.1) is 10.1 Å². The Kier molecular flexibility index (Phi) is 7.37. The molecule has 0 unspecified atom stereocenters. The first-order valence-corrected chi connectivity index (χ1v) is 8.50. The molecule has 0 spiro atoms. The first kappa shape index (κ1) is 19.7. The molecule has 0 aliphatic rings. The van der Waals surface area contributed by atoms with Crippen molar-refractivity contribution in [3.63, 3.8) is 0 Å². The largest absolute Gasteiger partial charge is 0.383 e. The third-order valence-electron chi connectivity index (χ3n) is 3.67. The summed E-state index contributed by atoms with van der Waals surface area (Å²) in [6.07, 6.45) is 0. The molecule has 0 aromatic heterocycles.